The summed E-state index contributed by atoms with van der Waals surface area (Å²) in [6.45, 7) is 9.50. The molecule has 0 aliphatic rings. The summed E-state index contributed by atoms with van der Waals surface area (Å²) in [5.74, 6) is 1.63. The predicted octanol–water partition coefficient (Wildman–Crippen LogP) is 3.95. The van der Waals surface area contributed by atoms with Gasteiger partial charge in [-0.25, -0.2) is 0 Å². The zero-order valence-electron chi connectivity index (χ0n) is 12.9. The van der Waals surface area contributed by atoms with Gasteiger partial charge < -0.3 is 10.5 Å². The average molecular weight is 263 g/mol. The monoisotopic (exact) mass is 263 g/mol. The molecule has 0 bridgehead atoms. The highest BCUT2D eigenvalue weighted by Gasteiger charge is 2.10. The fourth-order valence-corrected chi connectivity index (χ4v) is 2.53. The molecule has 2 atom stereocenters. The average Bonchev–Trinajstić information content (AvgIpc) is 2.36. The molecule has 0 aliphatic carbocycles. The van der Waals surface area contributed by atoms with Gasteiger partial charge in [-0.3, -0.25) is 0 Å². The summed E-state index contributed by atoms with van der Waals surface area (Å²) >= 11 is 0. The first-order chi connectivity index (χ1) is 9.06. The lowest BCUT2D eigenvalue weighted by Gasteiger charge is -2.17. The van der Waals surface area contributed by atoms with Crippen molar-refractivity contribution in [2.45, 2.75) is 59.4 Å². The molecule has 0 aromatic heterocycles. The minimum absolute atomic E-state index is 0.284. The molecule has 2 unspecified atom stereocenters. The Hall–Kier alpha value is -1.02. The maximum atomic E-state index is 5.88. The van der Waals surface area contributed by atoms with Gasteiger partial charge in [-0.1, -0.05) is 26.8 Å². The topological polar surface area (TPSA) is 35.2 Å². The highest BCUT2D eigenvalue weighted by molar-refractivity contribution is 5.36. The lowest BCUT2D eigenvalue weighted by atomic mass is 9.92. The van der Waals surface area contributed by atoms with E-state index in [9.17, 15) is 0 Å². The van der Waals surface area contributed by atoms with Crippen molar-refractivity contribution < 1.29 is 4.74 Å². The van der Waals surface area contributed by atoms with Gasteiger partial charge in [0.25, 0.3) is 0 Å². The molecule has 2 heteroatoms. The van der Waals surface area contributed by atoms with Crippen LogP contribution < -0.4 is 10.5 Å². The molecule has 1 aromatic rings. The van der Waals surface area contributed by atoms with E-state index in [0.29, 0.717) is 5.92 Å². The predicted molar refractivity (Wildman–Crippen MR) is 82.7 cm³/mol. The number of benzene rings is 1. The zero-order valence-corrected chi connectivity index (χ0v) is 12.9. The molecular formula is C17H29NO. The van der Waals surface area contributed by atoms with E-state index in [-0.39, 0.29) is 6.04 Å². The molecule has 0 aliphatic heterocycles. The molecule has 0 saturated carbocycles. The second kappa shape index (κ2) is 8.21. The van der Waals surface area contributed by atoms with Crippen LogP contribution in [-0.4, -0.2) is 12.6 Å². The van der Waals surface area contributed by atoms with Crippen LogP contribution in [0.4, 0.5) is 0 Å². The maximum absolute atomic E-state index is 5.88. The molecular weight excluding hydrogens is 234 g/mol. The third-order valence-electron chi connectivity index (χ3n) is 3.37. The summed E-state index contributed by atoms with van der Waals surface area (Å²) in [7, 11) is 0. The highest BCUT2D eigenvalue weighted by Crippen LogP contribution is 2.22. The van der Waals surface area contributed by atoms with Gasteiger partial charge in [-0.2, -0.15) is 0 Å². The molecule has 108 valence electrons. The molecule has 2 N–H and O–H groups in total. The molecule has 0 heterocycles. The normalized spacial score (nSPS) is 14.2. The molecule has 0 spiro atoms. The third kappa shape index (κ3) is 5.65. The van der Waals surface area contributed by atoms with Gasteiger partial charge in [-0.05, 0) is 61.8 Å². The zero-order chi connectivity index (χ0) is 14.3. The summed E-state index contributed by atoms with van der Waals surface area (Å²) in [6.07, 6.45) is 4.30. The smallest absolute Gasteiger partial charge is 0.119 e. The molecule has 0 amide bonds. The van der Waals surface area contributed by atoms with Crippen LogP contribution in [0.3, 0.4) is 0 Å². The van der Waals surface area contributed by atoms with Gasteiger partial charge in [0.05, 0.1) is 6.61 Å². The van der Waals surface area contributed by atoms with Crippen LogP contribution in [0, 0.1) is 5.92 Å². The van der Waals surface area contributed by atoms with Crippen molar-refractivity contribution in [3.8, 4) is 5.75 Å². The number of hydrogen-bond acceptors (Lipinski definition) is 2. The summed E-state index contributed by atoms with van der Waals surface area (Å²) < 4.78 is 5.70. The van der Waals surface area contributed by atoms with E-state index in [4.69, 9.17) is 10.5 Å². The van der Waals surface area contributed by atoms with Crippen LogP contribution >= 0.6 is 0 Å². The van der Waals surface area contributed by atoms with Gasteiger partial charge >= 0.3 is 0 Å². The van der Waals surface area contributed by atoms with E-state index in [1.807, 2.05) is 0 Å². The third-order valence-corrected chi connectivity index (χ3v) is 3.37. The molecule has 0 radical (unpaired) electrons. The van der Waals surface area contributed by atoms with Crippen molar-refractivity contribution in [3.63, 3.8) is 0 Å². The van der Waals surface area contributed by atoms with Crippen molar-refractivity contribution in [3.05, 3.63) is 29.3 Å². The van der Waals surface area contributed by atoms with Crippen molar-refractivity contribution in [2.24, 2.45) is 11.7 Å². The van der Waals surface area contributed by atoms with Crippen LogP contribution in [0.1, 0.15) is 51.7 Å². The SMILES string of the molecule is CCCOc1ccc(CC(C)CC(C)N)c(CC)c1. The fraction of sp³-hybridized carbons (Fsp3) is 0.647. The summed E-state index contributed by atoms with van der Waals surface area (Å²) in [4.78, 5) is 0. The van der Waals surface area contributed by atoms with E-state index < -0.39 is 0 Å². The van der Waals surface area contributed by atoms with Crippen LogP contribution in [0.25, 0.3) is 0 Å². The molecule has 0 fully saturated rings. The van der Waals surface area contributed by atoms with Gasteiger partial charge in [0.2, 0.25) is 0 Å². The molecule has 1 aromatic carbocycles. The summed E-state index contributed by atoms with van der Waals surface area (Å²) in [6, 6.07) is 6.81. The van der Waals surface area contributed by atoms with E-state index in [1.54, 1.807) is 0 Å². The lowest BCUT2D eigenvalue weighted by molar-refractivity contribution is 0.317. The van der Waals surface area contributed by atoms with Crippen molar-refractivity contribution in [2.75, 3.05) is 6.61 Å². The number of ether oxygens (including phenoxy) is 1. The van der Waals surface area contributed by atoms with Gasteiger partial charge in [-0.15, -0.1) is 0 Å². The minimum atomic E-state index is 0.284. The number of rotatable bonds is 8. The molecule has 2 nitrogen and oxygen atoms in total. The van der Waals surface area contributed by atoms with Crippen molar-refractivity contribution in [1.29, 1.82) is 0 Å². The minimum Gasteiger partial charge on any atom is -0.494 e. The first-order valence-corrected chi connectivity index (χ1v) is 7.56. The molecule has 0 saturated heterocycles. The molecule has 1 rings (SSSR count). The van der Waals surface area contributed by atoms with Crippen LogP contribution in [0.15, 0.2) is 18.2 Å². The standard InChI is InChI=1S/C17H29NO/c1-5-9-19-17-8-7-16(15(6-2)12-17)11-13(3)10-14(4)18/h7-8,12-14H,5-6,9-11,18H2,1-4H3. The fourth-order valence-electron chi connectivity index (χ4n) is 2.53. The van der Waals surface area contributed by atoms with Crippen molar-refractivity contribution in [1.82, 2.24) is 0 Å². The number of nitrogens with two attached hydrogens (primary N) is 1. The van der Waals surface area contributed by atoms with E-state index in [1.165, 1.54) is 11.1 Å². The van der Waals surface area contributed by atoms with E-state index >= 15 is 0 Å². The number of aryl methyl sites for hydroxylation is 1. The Morgan fingerprint density at radius 2 is 1.89 bits per heavy atom. The first-order valence-electron chi connectivity index (χ1n) is 7.56. The highest BCUT2D eigenvalue weighted by atomic mass is 16.5. The lowest BCUT2D eigenvalue weighted by Crippen LogP contribution is -2.19. The Bertz CT molecular complexity index is 374. The Kier molecular flexibility index (Phi) is 6.93. The second-order valence-electron chi connectivity index (χ2n) is 5.65. The van der Waals surface area contributed by atoms with Crippen molar-refractivity contribution >= 4 is 0 Å². The number of hydrogen-bond donors (Lipinski definition) is 1. The second-order valence-corrected chi connectivity index (χ2v) is 5.65. The Morgan fingerprint density at radius 1 is 1.16 bits per heavy atom. The largest absolute Gasteiger partial charge is 0.494 e. The Balaban J connectivity index is 2.72. The summed E-state index contributed by atoms with van der Waals surface area (Å²) in [5.41, 5.74) is 8.73. The van der Waals surface area contributed by atoms with Crippen LogP contribution in [0.5, 0.6) is 5.75 Å². The van der Waals surface area contributed by atoms with Crippen LogP contribution in [0.2, 0.25) is 0 Å². The quantitative estimate of drug-likeness (QED) is 0.770. The first kappa shape index (κ1) is 16.0. The Morgan fingerprint density at radius 3 is 2.47 bits per heavy atom. The van der Waals surface area contributed by atoms with E-state index in [0.717, 1.165) is 38.0 Å². The maximum Gasteiger partial charge on any atom is 0.119 e. The summed E-state index contributed by atoms with van der Waals surface area (Å²) in [5, 5.41) is 0. The van der Waals surface area contributed by atoms with Crippen LogP contribution in [-0.2, 0) is 12.8 Å². The Labute approximate surface area is 118 Å². The molecule has 19 heavy (non-hydrogen) atoms. The van der Waals surface area contributed by atoms with E-state index in [2.05, 4.69) is 45.9 Å². The van der Waals surface area contributed by atoms with Gasteiger partial charge in [0.1, 0.15) is 5.75 Å². The van der Waals surface area contributed by atoms with Gasteiger partial charge in [0, 0.05) is 6.04 Å². The van der Waals surface area contributed by atoms with Gasteiger partial charge in [0.15, 0.2) is 0 Å².